The first-order valence-corrected chi connectivity index (χ1v) is 4.54. The summed E-state index contributed by atoms with van der Waals surface area (Å²) in [4.78, 5) is 0. The molecule has 12 heavy (non-hydrogen) atoms. The Bertz CT molecular complexity index is 273. The largest absolute Gasteiger partial charge is 0.475 e. The molecule has 0 amide bonds. The average Bonchev–Trinajstić information content (AvgIpc) is 1.96. The van der Waals surface area contributed by atoms with Crippen molar-refractivity contribution in [2.75, 3.05) is 0 Å². The monoisotopic (exact) mass is 224 g/mol. The van der Waals surface area contributed by atoms with Crippen molar-refractivity contribution in [2.24, 2.45) is 0 Å². The molecule has 0 aromatic heterocycles. The van der Waals surface area contributed by atoms with Gasteiger partial charge in [0.05, 0.1) is 10.0 Å². The van der Waals surface area contributed by atoms with Crippen LogP contribution < -0.4 is 4.74 Å². The summed E-state index contributed by atoms with van der Waals surface area (Å²) in [5, 5.41) is 0.970. The molecule has 0 saturated carbocycles. The molecular formula is C8H7Cl3O. The average molecular weight is 226 g/mol. The van der Waals surface area contributed by atoms with E-state index in [1.54, 1.807) is 25.1 Å². The van der Waals surface area contributed by atoms with Crippen LogP contribution in [0.5, 0.6) is 5.75 Å². The Morgan fingerprint density at radius 2 is 1.92 bits per heavy atom. The van der Waals surface area contributed by atoms with Gasteiger partial charge in [0, 0.05) is 6.07 Å². The van der Waals surface area contributed by atoms with E-state index in [1.807, 2.05) is 0 Å². The molecular weight excluding hydrogens is 218 g/mol. The molecule has 1 aromatic rings. The first-order valence-electron chi connectivity index (χ1n) is 3.35. The third-order valence-corrected chi connectivity index (χ3v) is 2.02. The topological polar surface area (TPSA) is 9.23 Å². The molecule has 0 aliphatic heterocycles. The van der Waals surface area contributed by atoms with Gasteiger partial charge in [0.2, 0.25) is 0 Å². The van der Waals surface area contributed by atoms with Gasteiger partial charge < -0.3 is 4.74 Å². The SMILES string of the molecule is CC(Cl)Oc1ccc(Cl)c(Cl)c1. The van der Waals surface area contributed by atoms with E-state index in [9.17, 15) is 0 Å². The lowest BCUT2D eigenvalue weighted by molar-refractivity contribution is 0.301. The summed E-state index contributed by atoms with van der Waals surface area (Å²) in [7, 11) is 0. The van der Waals surface area contributed by atoms with Crippen molar-refractivity contribution in [3.63, 3.8) is 0 Å². The molecule has 1 aromatic carbocycles. The molecule has 66 valence electrons. The Hall–Kier alpha value is -0.110. The van der Waals surface area contributed by atoms with E-state index in [1.165, 1.54) is 0 Å². The first-order chi connectivity index (χ1) is 5.59. The number of rotatable bonds is 2. The van der Waals surface area contributed by atoms with Gasteiger partial charge in [-0.25, -0.2) is 0 Å². The molecule has 1 nitrogen and oxygen atoms in total. The van der Waals surface area contributed by atoms with Crippen molar-refractivity contribution in [1.29, 1.82) is 0 Å². The molecule has 0 fully saturated rings. The Kier molecular flexibility index (Phi) is 3.51. The van der Waals surface area contributed by atoms with Crippen LogP contribution in [0.2, 0.25) is 10.0 Å². The van der Waals surface area contributed by atoms with Crippen LogP contribution in [-0.4, -0.2) is 5.56 Å². The maximum Gasteiger partial charge on any atom is 0.169 e. The van der Waals surface area contributed by atoms with Crippen LogP contribution in [0, 0.1) is 0 Å². The minimum atomic E-state index is -0.373. The van der Waals surface area contributed by atoms with Crippen LogP contribution in [0.3, 0.4) is 0 Å². The minimum absolute atomic E-state index is 0.373. The van der Waals surface area contributed by atoms with E-state index in [2.05, 4.69) is 0 Å². The normalized spacial score (nSPS) is 12.7. The zero-order valence-corrected chi connectivity index (χ0v) is 8.62. The lowest BCUT2D eigenvalue weighted by Gasteiger charge is -2.07. The number of hydrogen-bond acceptors (Lipinski definition) is 1. The molecule has 1 rings (SSSR count). The van der Waals surface area contributed by atoms with E-state index < -0.39 is 0 Å². The number of hydrogen-bond donors (Lipinski definition) is 0. The maximum absolute atomic E-state index is 5.74. The van der Waals surface area contributed by atoms with Gasteiger partial charge in [0.1, 0.15) is 5.75 Å². The maximum atomic E-state index is 5.74. The third kappa shape index (κ3) is 2.74. The molecule has 0 aliphatic carbocycles. The fourth-order valence-electron chi connectivity index (χ4n) is 0.738. The quantitative estimate of drug-likeness (QED) is 0.692. The van der Waals surface area contributed by atoms with Gasteiger partial charge in [-0.1, -0.05) is 34.8 Å². The molecule has 1 atom stereocenters. The van der Waals surface area contributed by atoms with Crippen LogP contribution in [0.15, 0.2) is 18.2 Å². The lowest BCUT2D eigenvalue weighted by Crippen LogP contribution is -2.01. The summed E-state index contributed by atoms with van der Waals surface area (Å²) >= 11 is 17.0. The zero-order valence-electron chi connectivity index (χ0n) is 6.35. The molecule has 4 heteroatoms. The van der Waals surface area contributed by atoms with E-state index in [0.29, 0.717) is 15.8 Å². The molecule has 0 spiro atoms. The molecule has 1 unspecified atom stereocenters. The van der Waals surface area contributed by atoms with Crippen LogP contribution in [0.4, 0.5) is 0 Å². The van der Waals surface area contributed by atoms with E-state index >= 15 is 0 Å². The van der Waals surface area contributed by atoms with Crippen molar-refractivity contribution >= 4 is 34.8 Å². The number of ether oxygens (including phenoxy) is 1. The molecule has 0 N–H and O–H groups in total. The van der Waals surface area contributed by atoms with E-state index in [0.717, 1.165) is 0 Å². The summed E-state index contributed by atoms with van der Waals surface area (Å²) in [6, 6.07) is 5.01. The Morgan fingerprint density at radius 1 is 1.25 bits per heavy atom. The summed E-state index contributed by atoms with van der Waals surface area (Å²) in [6.07, 6.45) is 0. The predicted octanol–water partition coefficient (Wildman–Crippen LogP) is 3.96. The van der Waals surface area contributed by atoms with Crippen LogP contribution >= 0.6 is 34.8 Å². The summed E-state index contributed by atoms with van der Waals surface area (Å²) in [5.41, 5.74) is -0.373. The predicted molar refractivity (Wildman–Crippen MR) is 52.4 cm³/mol. The van der Waals surface area contributed by atoms with Gasteiger partial charge in [0.15, 0.2) is 5.56 Å². The molecule has 0 saturated heterocycles. The lowest BCUT2D eigenvalue weighted by atomic mass is 10.3. The molecule has 0 aliphatic rings. The highest BCUT2D eigenvalue weighted by Gasteiger charge is 2.02. The molecule has 0 radical (unpaired) electrons. The Morgan fingerprint density at radius 3 is 2.42 bits per heavy atom. The zero-order chi connectivity index (χ0) is 9.14. The van der Waals surface area contributed by atoms with Gasteiger partial charge in [0.25, 0.3) is 0 Å². The van der Waals surface area contributed by atoms with Gasteiger partial charge in [-0.05, 0) is 19.1 Å². The summed E-state index contributed by atoms with van der Waals surface area (Å²) in [5.74, 6) is 0.618. The highest BCUT2D eigenvalue weighted by atomic mass is 35.5. The third-order valence-electron chi connectivity index (χ3n) is 1.19. The second kappa shape index (κ2) is 4.22. The standard InChI is InChI=1S/C8H7Cl3O/c1-5(9)12-6-2-3-7(10)8(11)4-6/h2-5H,1H3. The van der Waals surface area contributed by atoms with Gasteiger partial charge in [-0.15, -0.1) is 0 Å². The highest BCUT2D eigenvalue weighted by Crippen LogP contribution is 2.26. The second-order valence-electron chi connectivity index (χ2n) is 2.24. The summed E-state index contributed by atoms with van der Waals surface area (Å²) in [6.45, 7) is 1.73. The van der Waals surface area contributed by atoms with Crippen LogP contribution in [-0.2, 0) is 0 Å². The Labute approximate surface area is 86.2 Å². The van der Waals surface area contributed by atoms with Crippen molar-refractivity contribution < 1.29 is 4.74 Å². The number of benzene rings is 1. The van der Waals surface area contributed by atoms with Gasteiger partial charge in [-0.2, -0.15) is 0 Å². The smallest absolute Gasteiger partial charge is 0.169 e. The number of halogens is 3. The summed E-state index contributed by atoms with van der Waals surface area (Å²) < 4.78 is 5.17. The highest BCUT2D eigenvalue weighted by molar-refractivity contribution is 6.42. The van der Waals surface area contributed by atoms with Crippen LogP contribution in [0.1, 0.15) is 6.92 Å². The van der Waals surface area contributed by atoms with Crippen molar-refractivity contribution in [3.8, 4) is 5.75 Å². The first kappa shape index (κ1) is 9.97. The fraction of sp³-hybridized carbons (Fsp3) is 0.250. The van der Waals surface area contributed by atoms with Gasteiger partial charge in [-0.3, -0.25) is 0 Å². The van der Waals surface area contributed by atoms with Crippen molar-refractivity contribution in [3.05, 3.63) is 28.2 Å². The van der Waals surface area contributed by atoms with Gasteiger partial charge >= 0.3 is 0 Å². The fourth-order valence-corrected chi connectivity index (χ4v) is 1.13. The molecule has 0 bridgehead atoms. The van der Waals surface area contributed by atoms with E-state index in [-0.39, 0.29) is 5.56 Å². The number of alkyl halides is 1. The Balaban J connectivity index is 2.82. The van der Waals surface area contributed by atoms with E-state index in [4.69, 9.17) is 39.5 Å². The van der Waals surface area contributed by atoms with Crippen molar-refractivity contribution in [2.45, 2.75) is 12.5 Å². The van der Waals surface area contributed by atoms with Crippen LogP contribution in [0.25, 0.3) is 0 Å². The minimum Gasteiger partial charge on any atom is -0.475 e. The molecule has 0 heterocycles. The van der Waals surface area contributed by atoms with Crippen molar-refractivity contribution in [1.82, 2.24) is 0 Å². The second-order valence-corrected chi connectivity index (χ2v) is 3.67.